The van der Waals surface area contributed by atoms with E-state index < -0.39 is 0 Å². The fourth-order valence-corrected chi connectivity index (χ4v) is 3.39. The number of nitrogens with zero attached hydrogens (tertiary/aromatic N) is 2. The molecule has 7 nitrogen and oxygen atoms in total. The summed E-state index contributed by atoms with van der Waals surface area (Å²) in [6.07, 6.45) is 0.808. The number of hydrogen-bond acceptors (Lipinski definition) is 4. The van der Waals surface area contributed by atoms with Crippen molar-refractivity contribution in [3.05, 3.63) is 29.8 Å². The second-order valence-electron chi connectivity index (χ2n) is 7.68. The first-order valence-electron chi connectivity index (χ1n) is 10.4. The molecule has 2 rings (SSSR count). The molecule has 1 aliphatic rings. The Morgan fingerprint density at radius 3 is 2.72 bits per heavy atom. The number of carbonyl (C=O) groups excluding carboxylic acids is 2. The third-order valence-corrected chi connectivity index (χ3v) is 5.42. The van der Waals surface area contributed by atoms with Crippen molar-refractivity contribution < 1.29 is 14.3 Å². The predicted molar refractivity (Wildman–Crippen MR) is 116 cm³/mol. The molecule has 1 amide bonds. The molecule has 1 heterocycles. The normalized spacial score (nSPS) is 20.3. The summed E-state index contributed by atoms with van der Waals surface area (Å²) in [4.78, 5) is 31.0. The number of anilines is 1. The number of esters is 1. The number of guanidine groups is 1. The molecule has 1 aromatic carbocycles. The molecule has 1 fully saturated rings. The van der Waals surface area contributed by atoms with Crippen LogP contribution in [0.1, 0.15) is 39.7 Å². The van der Waals surface area contributed by atoms with Gasteiger partial charge in [-0.1, -0.05) is 32.9 Å². The van der Waals surface area contributed by atoms with Crippen molar-refractivity contribution in [3.63, 3.8) is 0 Å². The Labute approximate surface area is 173 Å². The quantitative estimate of drug-likeness (QED) is 0.416. The van der Waals surface area contributed by atoms with Crippen LogP contribution in [0.25, 0.3) is 0 Å². The Morgan fingerprint density at radius 2 is 2.07 bits per heavy atom. The Morgan fingerprint density at radius 1 is 1.31 bits per heavy atom. The van der Waals surface area contributed by atoms with Crippen LogP contribution in [-0.4, -0.2) is 49.5 Å². The lowest BCUT2D eigenvalue weighted by Gasteiger charge is -2.21. The van der Waals surface area contributed by atoms with Crippen molar-refractivity contribution in [3.8, 4) is 0 Å². The van der Waals surface area contributed by atoms with Gasteiger partial charge in [0.15, 0.2) is 5.96 Å². The number of nitrogens with one attached hydrogen (secondary N) is 2. The van der Waals surface area contributed by atoms with Crippen LogP contribution in [0.4, 0.5) is 5.69 Å². The molecule has 29 heavy (non-hydrogen) atoms. The summed E-state index contributed by atoms with van der Waals surface area (Å²) < 4.78 is 4.93. The minimum Gasteiger partial charge on any atom is -0.469 e. The zero-order valence-electron chi connectivity index (χ0n) is 18.2. The maximum absolute atomic E-state index is 12.1. The van der Waals surface area contributed by atoms with Gasteiger partial charge in [-0.3, -0.25) is 9.59 Å². The monoisotopic (exact) mass is 402 g/mol. The van der Waals surface area contributed by atoms with E-state index in [2.05, 4.69) is 22.5 Å². The molecule has 0 spiro atoms. The zero-order valence-corrected chi connectivity index (χ0v) is 18.2. The van der Waals surface area contributed by atoms with E-state index in [1.165, 1.54) is 7.11 Å². The Bertz CT molecular complexity index is 735. The lowest BCUT2D eigenvalue weighted by atomic mass is 9.99. The van der Waals surface area contributed by atoms with Crippen LogP contribution in [0.2, 0.25) is 0 Å². The van der Waals surface area contributed by atoms with E-state index in [1.54, 1.807) is 0 Å². The Hall–Kier alpha value is -2.57. The van der Waals surface area contributed by atoms with Gasteiger partial charge in [-0.2, -0.15) is 0 Å². The van der Waals surface area contributed by atoms with Gasteiger partial charge in [-0.25, -0.2) is 4.99 Å². The fourth-order valence-electron chi connectivity index (χ4n) is 3.39. The van der Waals surface area contributed by atoms with Crippen LogP contribution >= 0.6 is 0 Å². The number of methoxy groups -OCH3 is 1. The topological polar surface area (TPSA) is 83.0 Å². The van der Waals surface area contributed by atoms with E-state index in [1.807, 2.05) is 45.0 Å². The van der Waals surface area contributed by atoms with Gasteiger partial charge in [0.25, 0.3) is 0 Å². The van der Waals surface area contributed by atoms with Crippen LogP contribution in [-0.2, 0) is 20.9 Å². The lowest BCUT2D eigenvalue weighted by Crippen LogP contribution is -2.40. The summed E-state index contributed by atoms with van der Waals surface area (Å²) >= 11 is 0. The van der Waals surface area contributed by atoms with Crippen molar-refractivity contribution >= 4 is 23.5 Å². The minimum atomic E-state index is -0.166. The second-order valence-corrected chi connectivity index (χ2v) is 7.68. The van der Waals surface area contributed by atoms with Crippen molar-refractivity contribution in [2.75, 3.05) is 32.1 Å². The van der Waals surface area contributed by atoms with E-state index >= 15 is 0 Å². The number of benzene rings is 1. The maximum atomic E-state index is 12.1. The largest absolute Gasteiger partial charge is 0.469 e. The second kappa shape index (κ2) is 10.8. The van der Waals surface area contributed by atoms with Gasteiger partial charge in [0, 0.05) is 31.2 Å². The van der Waals surface area contributed by atoms with Crippen LogP contribution in [0.5, 0.6) is 0 Å². The first kappa shape index (κ1) is 22.7. The summed E-state index contributed by atoms with van der Waals surface area (Å²) in [6, 6.07) is 7.77. The number of likely N-dealkylation sites (tertiary alicyclic amines) is 1. The standard InChI is InChI=1S/C22H34N4O3/c1-6-15(3)20(27)25-18-10-8-9-17(11-18)12-24-22(23-7-2)26-13-16(4)19(14-26)21(28)29-5/h8-11,15-16,19H,6-7,12-14H2,1-5H3,(H,23,24)(H,25,27). The summed E-state index contributed by atoms with van der Waals surface area (Å²) in [5.41, 5.74) is 1.80. The molecule has 3 atom stereocenters. The average Bonchev–Trinajstić information content (AvgIpc) is 3.11. The van der Waals surface area contributed by atoms with Crippen LogP contribution in [0, 0.1) is 17.8 Å². The van der Waals surface area contributed by atoms with Gasteiger partial charge in [-0.05, 0) is 37.0 Å². The molecule has 1 aromatic rings. The number of aliphatic imine (C=N–C) groups is 1. The number of amides is 1. The minimum absolute atomic E-state index is 0.0167. The van der Waals surface area contributed by atoms with Gasteiger partial charge in [0.1, 0.15) is 0 Å². The van der Waals surface area contributed by atoms with Gasteiger partial charge in [0.05, 0.1) is 19.6 Å². The number of rotatable bonds is 7. The van der Waals surface area contributed by atoms with Gasteiger partial charge in [0.2, 0.25) is 5.91 Å². The Balaban J connectivity index is 2.08. The highest BCUT2D eigenvalue weighted by Crippen LogP contribution is 2.24. The SMILES string of the molecule is CCNC(=NCc1cccc(NC(=O)C(C)CC)c1)N1CC(C)C(C(=O)OC)C1. The summed E-state index contributed by atoms with van der Waals surface area (Å²) in [7, 11) is 1.43. The maximum Gasteiger partial charge on any atom is 0.310 e. The third kappa shape index (κ3) is 6.21. The summed E-state index contributed by atoms with van der Waals surface area (Å²) in [5.74, 6) is 0.715. The number of hydrogen-bond donors (Lipinski definition) is 2. The van der Waals surface area contributed by atoms with E-state index in [0.29, 0.717) is 13.1 Å². The van der Waals surface area contributed by atoms with Gasteiger partial charge >= 0.3 is 5.97 Å². The molecule has 3 unspecified atom stereocenters. The molecule has 1 saturated heterocycles. The van der Waals surface area contributed by atoms with Gasteiger partial charge < -0.3 is 20.3 Å². The highest BCUT2D eigenvalue weighted by Gasteiger charge is 2.36. The number of ether oxygens (including phenoxy) is 1. The van der Waals surface area contributed by atoms with Crippen molar-refractivity contribution in [2.24, 2.45) is 22.7 Å². The molecule has 0 radical (unpaired) electrons. The molecule has 0 bridgehead atoms. The summed E-state index contributed by atoms with van der Waals surface area (Å²) in [5, 5.41) is 6.28. The summed E-state index contributed by atoms with van der Waals surface area (Å²) in [6.45, 7) is 10.6. The van der Waals surface area contributed by atoms with Crippen molar-refractivity contribution in [1.82, 2.24) is 10.2 Å². The van der Waals surface area contributed by atoms with Crippen molar-refractivity contribution in [1.29, 1.82) is 0 Å². The molecule has 0 saturated carbocycles. The Kier molecular flexibility index (Phi) is 8.49. The molecule has 1 aliphatic heterocycles. The van der Waals surface area contributed by atoms with E-state index in [9.17, 15) is 9.59 Å². The highest BCUT2D eigenvalue weighted by molar-refractivity contribution is 5.92. The van der Waals surface area contributed by atoms with Crippen LogP contribution < -0.4 is 10.6 Å². The first-order chi connectivity index (χ1) is 13.9. The first-order valence-corrected chi connectivity index (χ1v) is 10.4. The van der Waals surface area contributed by atoms with Gasteiger partial charge in [-0.15, -0.1) is 0 Å². The van der Waals surface area contributed by atoms with E-state index in [4.69, 9.17) is 9.73 Å². The smallest absolute Gasteiger partial charge is 0.310 e. The van der Waals surface area contributed by atoms with E-state index in [-0.39, 0.29) is 29.6 Å². The average molecular weight is 403 g/mol. The molecule has 7 heteroatoms. The molecular formula is C22H34N4O3. The van der Waals surface area contributed by atoms with Crippen LogP contribution in [0.3, 0.4) is 0 Å². The molecular weight excluding hydrogens is 368 g/mol. The molecule has 2 N–H and O–H groups in total. The van der Waals surface area contributed by atoms with Crippen molar-refractivity contribution in [2.45, 2.75) is 40.7 Å². The zero-order chi connectivity index (χ0) is 21.4. The predicted octanol–water partition coefficient (Wildman–Crippen LogP) is 2.88. The molecule has 160 valence electrons. The van der Waals surface area contributed by atoms with E-state index in [0.717, 1.165) is 36.7 Å². The number of carbonyl (C=O) groups is 2. The van der Waals surface area contributed by atoms with Crippen LogP contribution in [0.15, 0.2) is 29.3 Å². The molecule has 0 aliphatic carbocycles. The highest BCUT2D eigenvalue weighted by atomic mass is 16.5. The molecule has 0 aromatic heterocycles. The lowest BCUT2D eigenvalue weighted by molar-refractivity contribution is -0.146. The third-order valence-electron chi connectivity index (χ3n) is 5.42. The fraction of sp³-hybridized carbons (Fsp3) is 0.591.